The molecule has 5 nitrogen and oxygen atoms in total. The molecule has 1 fully saturated rings. The molecule has 5 heteroatoms. The molecule has 0 N–H and O–H groups in total. The van der Waals surface area contributed by atoms with Crippen molar-refractivity contribution < 1.29 is 23.8 Å². The van der Waals surface area contributed by atoms with E-state index in [0.29, 0.717) is 24.2 Å². The van der Waals surface area contributed by atoms with Crippen LogP contribution in [0.15, 0.2) is 23.8 Å². The molecule has 0 amide bonds. The first-order valence-electron chi connectivity index (χ1n) is 12.9. The summed E-state index contributed by atoms with van der Waals surface area (Å²) in [4.78, 5) is 24.0. The lowest BCUT2D eigenvalue weighted by molar-refractivity contribution is -0.300. The van der Waals surface area contributed by atoms with E-state index in [9.17, 15) is 9.59 Å². The molecule has 0 aromatic rings. The van der Waals surface area contributed by atoms with Crippen LogP contribution >= 0.6 is 0 Å². The number of fused-ring (bicyclic) bond motifs is 1. The van der Waals surface area contributed by atoms with Crippen LogP contribution in [0.4, 0.5) is 0 Å². The van der Waals surface area contributed by atoms with Gasteiger partial charge in [0.2, 0.25) is 0 Å². The number of rotatable bonds is 8. The minimum Gasteiger partial charge on any atom is -0.461 e. The molecule has 2 aliphatic carbocycles. The third-order valence-corrected chi connectivity index (χ3v) is 7.90. The number of hydrogen-bond acceptors (Lipinski definition) is 5. The molecule has 7 atom stereocenters. The van der Waals surface area contributed by atoms with Crippen LogP contribution in [0.2, 0.25) is 0 Å². The monoisotopic (exact) mass is 460 g/mol. The highest BCUT2D eigenvalue weighted by Gasteiger charge is 2.43. The lowest BCUT2D eigenvalue weighted by Gasteiger charge is -2.45. The van der Waals surface area contributed by atoms with Crippen LogP contribution in [-0.2, 0) is 23.8 Å². The maximum Gasteiger partial charge on any atom is 0.311 e. The van der Waals surface area contributed by atoms with Gasteiger partial charge in [-0.15, -0.1) is 0 Å². The van der Waals surface area contributed by atoms with Crippen LogP contribution in [-0.4, -0.2) is 36.4 Å². The van der Waals surface area contributed by atoms with E-state index in [1.54, 1.807) is 0 Å². The Morgan fingerprint density at radius 3 is 2.55 bits per heavy atom. The third-order valence-electron chi connectivity index (χ3n) is 7.90. The third kappa shape index (κ3) is 6.36. The fourth-order valence-corrected chi connectivity index (χ4v) is 5.69. The van der Waals surface area contributed by atoms with Gasteiger partial charge in [-0.05, 0) is 76.7 Å². The number of carbonyl (C=O) groups excluding carboxylic acids is 2. The van der Waals surface area contributed by atoms with Gasteiger partial charge >= 0.3 is 5.97 Å². The maximum absolute atomic E-state index is 13.0. The van der Waals surface area contributed by atoms with E-state index in [1.807, 2.05) is 34.6 Å². The average molecular weight is 461 g/mol. The lowest BCUT2D eigenvalue weighted by atomic mass is 9.65. The summed E-state index contributed by atoms with van der Waals surface area (Å²) in [6.07, 6.45) is 12.4. The number of carbonyl (C=O) groups is 2. The van der Waals surface area contributed by atoms with Gasteiger partial charge in [0.1, 0.15) is 12.4 Å². The molecule has 0 bridgehead atoms. The molecule has 33 heavy (non-hydrogen) atoms. The van der Waals surface area contributed by atoms with Gasteiger partial charge in [0.05, 0.1) is 17.6 Å². The summed E-state index contributed by atoms with van der Waals surface area (Å²) >= 11 is 0. The van der Waals surface area contributed by atoms with Crippen molar-refractivity contribution >= 4 is 12.3 Å². The molecule has 0 aromatic heterocycles. The van der Waals surface area contributed by atoms with Crippen molar-refractivity contribution in [1.82, 2.24) is 0 Å². The number of esters is 1. The van der Waals surface area contributed by atoms with E-state index in [4.69, 9.17) is 14.2 Å². The van der Waals surface area contributed by atoms with Crippen molar-refractivity contribution in [3.05, 3.63) is 23.8 Å². The van der Waals surface area contributed by atoms with Crippen LogP contribution in [0, 0.1) is 29.1 Å². The first-order chi connectivity index (χ1) is 15.5. The van der Waals surface area contributed by atoms with Crippen LogP contribution in [0.3, 0.4) is 0 Å². The van der Waals surface area contributed by atoms with E-state index in [0.717, 1.165) is 38.4 Å². The Morgan fingerprint density at radius 1 is 1.18 bits per heavy atom. The van der Waals surface area contributed by atoms with Crippen molar-refractivity contribution in [3.63, 3.8) is 0 Å². The number of allylic oxidation sites excluding steroid dienone is 3. The first-order valence-corrected chi connectivity index (χ1v) is 12.9. The molecular formula is C28H44O5. The predicted molar refractivity (Wildman–Crippen MR) is 129 cm³/mol. The summed E-state index contributed by atoms with van der Waals surface area (Å²) in [6.45, 7) is 14.3. The SMILES string of the molecule is CCC(C)(C)C(=O)O[C@H]1C[C@@H](C)C=C2C=C[C@H](C)[C@H](CC[C@@H]3C[C@H](CC=O)OC(C)(C)O3)C21. The van der Waals surface area contributed by atoms with Crippen LogP contribution < -0.4 is 0 Å². The summed E-state index contributed by atoms with van der Waals surface area (Å²) in [5.41, 5.74) is 0.849. The van der Waals surface area contributed by atoms with E-state index in [1.165, 1.54) is 5.57 Å². The van der Waals surface area contributed by atoms with Crippen molar-refractivity contribution in [2.75, 3.05) is 0 Å². The Hall–Kier alpha value is -1.46. The first kappa shape index (κ1) is 26.2. The summed E-state index contributed by atoms with van der Waals surface area (Å²) in [6, 6.07) is 0. The van der Waals surface area contributed by atoms with Gasteiger partial charge in [-0.2, -0.15) is 0 Å². The normalized spacial score (nSPS) is 36.0. The van der Waals surface area contributed by atoms with Gasteiger partial charge in [0, 0.05) is 18.8 Å². The zero-order chi connectivity index (χ0) is 24.4. The second-order valence-electron chi connectivity index (χ2n) is 11.6. The van der Waals surface area contributed by atoms with Gasteiger partial charge < -0.3 is 19.0 Å². The van der Waals surface area contributed by atoms with Crippen molar-refractivity contribution in [2.45, 2.75) is 111 Å². The van der Waals surface area contributed by atoms with Gasteiger partial charge in [0.15, 0.2) is 5.79 Å². The largest absolute Gasteiger partial charge is 0.461 e. The Morgan fingerprint density at radius 2 is 1.88 bits per heavy atom. The fraction of sp³-hybridized carbons (Fsp3) is 0.786. The van der Waals surface area contributed by atoms with Crippen molar-refractivity contribution in [1.29, 1.82) is 0 Å². The Bertz CT molecular complexity index is 764. The second-order valence-corrected chi connectivity index (χ2v) is 11.6. The highest BCUT2D eigenvalue weighted by Crippen LogP contribution is 2.46. The predicted octanol–water partition coefficient (Wildman–Crippen LogP) is 6.02. The molecule has 3 aliphatic rings. The van der Waals surface area contributed by atoms with Gasteiger partial charge in [0.25, 0.3) is 0 Å². The molecule has 1 heterocycles. The van der Waals surface area contributed by atoms with Crippen molar-refractivity contribution in [2.24, 2.45) is 29.1 Å². The Kier molecular flexibility index (Phi) is 8.27. The zero-order valence-electron chi connectivity index (χ0n) is 21.6. The molecule has 0 spiro atoms. The number of aldehydes is 1. The Balaban J connectivity index is 1.76. The van der Waals surface area contributed by atoms with E-state index in [2.05, 4.69) is 32.1 Å². The summed E-state index contributed by atoms with van der Waals surface area (Å²) in [5, 5.41) is 0. The van der Waals surface area contributed by atoms with Crippen LogP contribution in [0.25, 0.3) is 0 Å². The average Bonchev–Trinajstić information content (AvgIpc) is 2.72. The number of hydrogen-bond donors (Lipinski definition) is 0. The molecule has 1 unspecified atom stereocenters. The topological polar surface area (TPSA) is 61.8 Å². The summed E-state index contributed by atoms with van der Waals surface area (Å²) in [7, 11) is 0. The zero-order valence-corrected chi connectivity index (χ0v) is 21.6. The van der Waals surface area contributed by atoms with E-state index in [-0.39, 0.29) is 30.2 Å². The van der Waals surface area contributed by atoms with Gasteiger partial charge in [-0.3, -0.25) is 4.79 Å². The molecule has 0 aromatic carbocycles. The second kappa shape index (κ2) is 10.4. The molecular weight excluding hydrogens is 416 g/mol. The maximum atomic E-state index is 13.0. The summed E-state index contributed by atoms with van der Waals surface area (Å²) in [5.74, 6) is 0.632. The molecule has 1 aliphatic heterocycles. The molecule has 3 rings (SSSR count). The smallest absolute Gasteiger partial charge is 0.311 e. The number of ether oxygens (including phenoxy) is 3. The van der Waals surface area contributed by atoms with Crippen LogP contribution in [0.5, 0.6) is 0 Å². The fourth-order valence-electron chi connectivity index (χ4n) is 5.69. The van der Waals surface area contributed by atoms with E-state index < -0.39 is 11.2 Å². The van der Waals surface area contributed by atoms with Gasteiger partial charge in [-0.25, -0.2) is 0 Å². The molecule has 0 radical (unpaired) electrons. The standard InChI is InChI=1S/C28H44O5/c1-8-27(4,5)26(30)31-24-16-18(2)15-20-10-9-19(3)23(25(20)24)12-11-21-17-22(13-14-29)33-28(6,7)32-21/h9-10,14-15,18-19,21-25H,8,11-13,16-17H2,1-7H3/t18-,19-,21+,22-,23-,24-,25?/m0/s1. The highest BCUT2D eigenvalue weighted by molar-refractivity contribution is 5.76. The summed E-state index contributed by atoms with van der Waals surface area (Å²) < 4.78 is 18.4. The van der Waals surface area contributed by atoms with Crippen molar-refractivity contribution in [3.8, 4) is 0 Å². The highest BCUT2D eigenvalue weighted by atomic mass is 16.7. The lowest BCUT2D eigenvalue weighted by Crippen LogP contribution is -2.46. The molecule has 186 valence electrons. The van der Waals surface area contributed by atoms with E-state index >= 15 is 0 Å². The minimum absolute atomic E-state index is 0.0618. The van der Waals surface area contributed by atoms with Crippen LogP contribution in [0.1, 0.15) is 87.0 Å². The van der Waals surface area contributed by atoms with Gasteiger partial charge in [-0.1, -0.05) is 39.0 Å². The molecule has 1 saturated heterocycles. The minimum atomic E-state index is -0.677. The molecule has 0 saturated carbocycles. The Labute approximate surface area is 200 Å². The quantitative estimate of drug-likeness (QED) is 0.327.